The minimum absolute atomic E-state index is 0.117. The van der Waals surface area contributed by atoms with Gasteiger partial charge in [0.15, 0.2) is 5.03 Å². The molecule has 1 N–H and O–H groups in total. The molecule has 0 saturated heterocycles. The van der Waals surface area contributed by atoms with E-state index in [1.54, 1.807) is 13.1 Å². The number of nitrogens with one attached hydrogen (secondary N) is 1. The van der Waals surface area contributed by atoms with E-state index in [4.69, 9.17) is 5.26 Å². The standard InChI is InChI=1S/C11H9FN4O2S/c1-16-6-11(14-7-16)19(17,18)15-10-4-2-3-9(12)8(10)5-13/h2-4,6-7,15H,1H3. The highest BCUT2D eigenvalue weighted by molar-refractivity contribution is 7.92. The lowest BCUT2D eigenvalue weighted by Crippen LogP contribution is -2.14. The molecule has 0 radical (unpaired) electrons. The molecule has 1 aromatic heterocycles. The summed E-state index contributed by atoms with van der Waals surface area (Å²) in [6.07, 6.45) is 2.62. The van der Waals surface area contributed by atoms with Crippen molar-refractivity contribution in [1.29, 1.82) is 5.26 Å². The van der Waals surface area contributed by atoms with Gasteiger partial charge in [0.2, 0.25) is 0 Å². The van der Waals surface area contributed by atoms with Gasteiger partial charge in [-0.2, -0.15) is 13.7 Å². The zero-order valence-corrected chi connectivity index (χ0v) is 10.6. The van der Waals surface area contributed by atoms with Crippen LogP contribution in [0.15, 0.2) is 35.7 Å². The summed E-state index contributed by atoms with van der Waals surface area (Å²) in [6.45, 7) is 0. The first kappa shape index (κ1) is 13.0. The molecular formula is C11H9FN4O2S. The molecule has 0 spiro atoms. The summed E-state index contributed by atoms with van der Waals surface area (Å²) < 4.78 is 40.9. The van der Waals surface area contributed by atoms with Gasteiger partial charge in [-0.15, -0.1) is 0 Å². The predicted molar refractivity (Wildman–Crippen MR) is 65.1 cm³/mol. The van der Waals surface area contributed by atoms with Crippen LogP contribution in [0.5, 0.6) is 0 Å². The second-order valence-corrected chi connectivity index (χ2v) is 5.39. The van der Waals surface area contributed by atoms with Crippen LogP contribution < -0.4 is 4.72 Å². The maximum atomic E-state index is 13.4. The first-order valence-electron chi connectivity index (χ1n) is 5.13. The smallest absolute Gasteiger partial charge is 0.280 e. The predicted octanol–water partition coefficient (Wildman–Crippen LogP) is 1.23. The van der Waals surface area contributed by atoms with E-state index in [0.29, 0.717) is 0 Å². The quantitative estimate of drug-likeness (QED) is 0.916. The summed E-state index contributed by atoms with van der Waals surface area (Å²) in [5, 5.41) is 8.62. The van der Waals surface area contributed by atoms with Gasteiger partial charge in [-0.3, -0.25) is 4.72 Å². The highest BCUT2D eigenvalue weighted by Gasteiger charge is 2.19. The van der Waals surface area contributed by atoms with Gasteiger partial charge in [-0.1, -0.05) is 6.07 Å². The van der Waals surface area contributed by atoms with Crippen LogP contribution in [-0.4, -0.2) is 18.0 Å². The fraction of sp³-hybridized carbons (Fsp3) is 0.0909. The largest absolute Gasteiger partial charge is 0.339 e. The van der Waals surface area contributed by atoms with E-state index >= 15 is 0 Å². The number of imidazole rings is 1. The zero-order valence-electron chi connectivity index (χ0n) is 9.83. The Morgan fingerprint density at radius 2 is 2.21 bits per heavy atom. The molecule has 19 heavy (non-hydrogen) atoms. The molecule has 0 aliphatic heterocycles. The topological polar surface area (TPSA) is 87.8 Å². The SMILES string of the molecule is Cn1cnc(S(=O)(=O)Nc2cccc(F)c2C#N)c1. The van der Waals surface area contributed by atoms with Crippen molar-refractivity contribution in [2.45, 2.75) is 5.03 Å². The fourth-order valence-electron chi connectivity index (χ4n) is 1.45. The van der Waals surface area contributed by atoms with Gasteiger partial charge in [0, 0.05) is 13.2 Å². The van der Waals surface area contributed by atoms with Crippen LogP contribution in [0.1, 0.15) is 5.56 Å². The van der Waals surface area contributed by atoms with E-state index in [2.05, 4.69) is 9.71 Å². The van der Waals surface area contributed by atoms with Crippen LogP contribution in [0, 0.1) is 17.1 Å². The molecular weight excluding hydrogens is 271 g/mol. The Kier molecular flexibility index (Phi) is 3.23. The Morgan fingerprint density at radius 3 is 2.79 bits per heavy atom. The van der Waals surface area contributed by atoms with Gasteiger partial charge in [-0.25, -0.2) is 9.37 Å². The number of halogens is 1. The Bertz CT molecular complexity index is 761. The summed E-state index contributed by atoms with van der Waals surface area (Å²) in [7, 11) is -2.32. The normalized spacial score (nSPS) is 11.0. The van der Waals surface area contributed by atoms with E-state index in [9.17, 15) is 12.8 Å². The van der Waals surface area contributed by atoms with Crippen LogP contribution in [0.25, 0.3) is 0 Å². The van der Waals surface area contributed by atoms with Crippen molar-refractivity contribution in [2.75, 3.05) is 4.72 Å². The van der Waals surface area contributed by atoms with Gasteiger partial charge in [0.25, 0.3) is 10.0 Å². The number of aryl methyl sites for hydroxylation is 1. The highest BCUT2D eigenvalue weighted by atomic mass is 32.2. The molecule has 0 aliphatic rings. The second-order valence-electron chi connectivity index (χ2n) is 3.76. The number of benzene rings is 1. The van der Waals surface area contributed by atoms with Crippen LogP contribution >= 0.6 is 0 Å². The molecule has 0 bridgehead atoms. The molecule has 0 fully saturated rings. The van der Waals surface area contributed by atoms with Crippen molar-refractivity contribution in [2.24, 2.45) is 7.05 Å². The molecule has 0 unspecified atom stereocenters. The molecule has 0 atom stereocenters. The fourth-order valence-corrected chi connectivity index (χ4v) is 2.50. The molecule has 0 aliphatic carbocycles. The molecule has 8 heteroatoms. The average molecular weight is 280 g/mol. The number of anilines is 1. The third kappa shape index (κ3) is 2.56. The lowest BCUT2D eigenvalue weighted by molar-refractivity contribution is 0.598. The van der Waals surface area contributed by atoms with Gasteiger partial charge in [0.05, 0.1) is 12.0 Å². The van der Waals surface area contributed by atoms with Crippen LogP contribution in [0.3, 0.4) is 0 Å². The first-order valence-corrected chi connectivity index (χ1v) is 6.62. The van der Waals surface area contributed by atoms with Crippen molar-refractivity contribution >= 4 is 15.7 Å². The van der Waals surface area contributed by atoms with E-state index in [-0.39, 0.29) is 16.3 Å². The second kappa shape index (κ2) is 4.70. The van der Waals surface area contributed by atoms with E-state index < -0.39 is 15.8 Å². The number of sulfonamides is 1. The molecule has 0 saturated carbocycles. The summed E-state index contributed by atoms with van der Waals surface area (Å²) in [6, 6.07) is 5.32. The van der Waals surface area contributed by atoms with E-state index in [1.807, 2.05) is 0 Å². The Morgan fingerprint density at radius 1 is 1.47 bits per heavy atom. The molecule has 6 nitrogen and oxygen atoms in total. The maximum absolute atomic E-state index is 13.4. The lowest BCUT2D eigenvalue weighted by atomic mass is 10.2. The number of aromatic nitrogens is 2. The van der Waals surface area contributed by atoms with Crippen molar-refractivity contribution in [1.82, 2.24) is 9.55 Å². The van der Waals surface area contributed by atoms with Gasteiger partial charge in [0.1, 0.15) is 17.4 Å². The molecule has 1 aromatic carbocycles. The molecule has 1 heterocycles. The van der Waals surface area contributed by atoms with Crippen LogP contribution in [0.2, 0.25) is 0 Å². The molecule has 2 aromatic rings. The third-order valence-corrected chi connectivity index (χ3v) is 3.58. The number of nitriles is 1. The van der Waals surface area contributed by atoms with Crippen molar-refractivity contribution in [3.8, 4) is 6.07 Å². The lowest BCUT2D eigenvalue weighted by Gasteiger charge is -2.07. The monoisotopic (exact) mass is 280 g/mol. The van der Waals surface area contributed by atoms with E-state index in [1.165, 1.54) is 29.2 Å². The average Bonchev–Trinajstić information content (AvgIpc) is 2.76. The summed E-state index contributed by atoms with van der Waals surface area (Å²) in [5.74, 6) is -0.788. The maximum Gasteiger partial charge on any atom is 0.280 e. The van der Waals surface area contributed by atoms with Crippen LogP contribution in [0.4, 0.5) is 10.1 Å². The van der Waals surface area contributed by atoms with Crippen LogP contribution in [-0.2, 0) is 17.1 Å². The molecule has 2 rings (SSSR count). The minimum Gasteiger partial charge on any atom is -0.339 e. The Labute approximate surface area is 109 Å². The van der Waals surface area contributed by atoms with Crippen molar-refractivity contribution < 1.29 is 12.8 Å². The van der Waals surface area contributed by atoms with Gasteiger partial charge < -0.3 is 4.57 Å². The third-order valence-electron chi connectivity index (χ3n) is 2.33. The molecule has 98 valence electrons. The van der Waals surface area contributed by atoms with Gasteiger partial charge >= 0.3 is 0 Å². The number of nitrogens with zero attached hydrogens (tertiary/aromatic N) is 3. The Balaban J connectivity index is 2.42. The van der Waals surface area contributed by atoms with Crippen molar-refractivity contribution in [3.63, 3.8) is 0 Å². The minimum atomic E-state index is -3.94. The summed E-state index contributed by atoms with van der Waals surface area (Å²) >= 11 is 0. The van der Waals surface area contributed by atoms with E-state index in [0.717, 1.165) is 6.07 Å². The number of hydrogen-bond acceptors (Lipinski definition) is 4. The highest BCUT2D eigenvalue weighted by Crippen LogP contribution is 2.21. The molecule has 0 amide bonds. The zero-order chi connectivity index (χ0) is 14.0. The number of rotatable bonds is 3. The van der Waals surface area contributed by atoms with Gasteiger partial charge in [-0.05, 0) is 12.1 Å². The van der Waals surface area contributed by atoms with Crippen molar-refractivity contribution in [3.05, 3.63) is 42.1 Å². The summed E-state index contributed by atoms with van der Waals surface area (Å²) in [4.78, 5) is 3.70. The first-order chi connectivity index (χ1) is 8.94. The Hall–Kier alpha value is -2.40. The number of hydrogen-bond donors (Lipinski definition) is 1. The summed E-state index contributed by atoms with van der Waals surface area (Å²) in [5.41, 5.74) is -0.477.